The summed E-state index contributed by atoms with van der Waals surface area (Å²) >= 11 is 0. The summed E-state index contributed by atoms with van der Waals surface area (Å²) < 4.78 is 24.0. The molecule has 0 atom stereocenters. The van der Waals surface area contributed by atoms with Crippen molar-refractivity contribution in [3.8, 4) is 40.2 Å². The van der Waals surface area contributed by atoms with E-state index in [-0.39, 0.29) is 18.8 Å². The molecule has 5 aliphatic rings. The maximum Gasteiger partial charge on any atom is 0.261 e. The Morgan fingerprint density at radius 1 is 0.364 bits per heavy atom. The van der Waals surface area contributed by atoms with Crippen molar-refractivity contribution < 1.29 is 14.2 Å². The van der Waals surface area contributed by atoms with Gasteiger partial charge in [-0.2, -0.15) is 0 Å². The Balaban J connectivity index is 1.10. The average molecular weight is 848 g/mol. The van der Waals surface area contributed by atoms with E-state index in [1.165, 1.54) is 27.3 Å². The second kappa shape index (κ2) is 12.8. The zero-order chi connectivity index (χ0) is 43.6. The predicted molar refractivity (Wildman–Crippen MR) is 271 cm³/mol. The summed E-state index contributed by atoms with van der Waals surface area (Å²) in [5.41, 5.74) is 17.7. The molecule has 0 spiro atoms. The van der Waals surface area contributed by atoms with Crippen molar-refractivity contribution in [2.75, 3.05) is 9.80 Å². The van der Waals surface area contributed by atoms with Crippen LogP contribution >= 0.6 is 0 Å². The molecule has 10 aromatic rings. The van der Waals surface area contributed by atoms with Gasteiger partial charge in [0.05, 0.1) is 16.7 Å². The van der Waals surface area contributed by atoms with Gasteiger partial charge in [0.15, 0.2) is 0 Å². The van der Waals surface area contributed by atoms with Crippen LogP contribution in [0.5, 0.6) is 34.5 Å². The number of fused-ring (bicyclic) bond motifs is 3. The van der Waals surface area contributed by atoms with Crippen LogP contribution in [0.15, 0.2) is 182 Å². The number of nitrogens with zero attached hydrogens (tertiary/aromatic N) is 3. The summed E-state index contributed by atoms with van der Waals surface area (Å²) in [6.07, 6.45) is 0. The Kier molecular flexibility index (Phi) is 7.03. The third-order valence-corrected chi connectivity index (χ3v) is 14.6. The fourth-order valence-electron chi connectivity index (χ4n) is 11.8. The Morgan fingerprint density at radius 3 is 1.33 bits per heavy atom. The molecule has 310 valence electrons. The number of rotatable bonds is 3. The smallest absolute Gasteiger partial charge is 0.261 e. The van der Waals surface area contributed by atoms with E-state index in [1.807, 2.05) is 0 Å². The third kappa shape index (κ3) is 4.77. The van der Waals surface area contributed by atoms with Crippen molar-refractivity contribution in [1.82, 2.24) is 4.57 Å². The lowest BCUT2D eigenvalue weighted by Crippen LogP contribution is -2.64. The van der Waals surface area contributed by atoms with E-state index < -0.39 is 0 Å². The van der Waals surface area contributed by atoms with E-state index in [0.29, 0.717) is 0 Å². The Bertz CT molecular complexity index is 3710. The molecule has 6 heterocycles. The van der Waals surface area contributed by atoms with Crippen LogP contribution in [0.2, 0.25) is 0 Å². The van der Waals surface area contributed by atoms with E-state index >= 15 is 0 Å². The lowest BCUT2D eigenvalue weighted by atomic mass is 9.30. The number of hydrogen-bond donors (Lipinski definition) is 0. The number of hydrogen-bond acceptors (Lipinski definition) is 5. The molecule has 15 rings (SSSR count). The van der Waals surface area contributed by atoms with Crippen molar-refractivity contribution >= 4 is 102 Å². The average Bonchev–Trinajstić information content (AvgIpc) is 3.68. The molecule has 2 bridgehead atoms. The van der Waals surface area contributed by atoms with Gasteiger partial charge >= 0.3 is 0 Å². The van der Waals surface area contributed by atoms with E-state index in [4.69, 9.17) is 14.2 Å². The largest absolute Gasteiger partial charge is 0.458 e. The van der Waals surface area contributed by atoms with Crippen LogP contribution in [0.25, 0.3) is 27.5 Å². The molecule has 0 amide bonds. The van der Waals surface area contributed by atoms with Crippen LogP contribution < -0.4 is 56.8 Å². The first-order valence-electron chi connectivity index (χ1n) is 22.9. The third-order valence-electron chi connectivity index (χ3n) is 14.6. The zero-order valence-corrected chi connectivity index (χ0v) is 36.5. The minimum atomic E-state index is -0.207. The molecular weight excluding hydrogens is 808 g/mol. The van der Waals surface area contributed by atoms with Crippen molar-refractivity contribution in [1.29, 1.82) is 0 Å². The number of para-hydroxylation sites is 4. The minimum absolute atomic E-state index is 0.140. The summed E-state index contributed by atoms with van der Waals surface area (Å²) in [7, 11) is 0. The Morgan fingerprint density at radius 2 is 0.818 bits per heavy atom. The van der Waals surface area contributed by atoms with Crippen LogP contribution in [0.3, 0.4) is 0 Å². The molecule has 0 aliphatic carbocycles. The maximum absolute atomic E-state index is 7.34. The predicted octanol–water partition coefficient (Wildman–Crippen LogP) is 11.0. The summed E-state index contributed by atoms with van der Waals surface area (Å²) in [5.74, 6) is 4.88. The molecule has 0 N–H and O–H groups in total. The topological polar surface area (TPSA) is 39.1 Å². The molecule has 6 nitrogen and oxygen atoms in total. The highest BCUT2D eigenvalue weighted by Gasteiger charge is 2.50. The molecule has 0 unspecified atom stereocenters. The van der Waals surface area contributed by atoms with Crippen LogP contribution in [-0.2, 0) is 5.41 Å². The van der Waals surface area contributed by atoms with Gasteiger partial charge < -0.3 is 28.6 Å². The quantitative estimate of drug-likeness (QED) is 0.166. The van der Waals surface area contributed by atoms with Crippen molar-refractivity contribution in [3.63, 3.8) is 0 Å². The summed E-state index contributed by atoms with van der Waals surface area (Å²) in [6, 6.07) is 65.9. The van der Waals surface area contributed by atoms with Gasteiger partial charge in [0.25, 0.3) is 13.4 Å². The van der Waals surface area contributed by atoms with Gasteiger partial charge in [-0.3, -0.25) is 0 Å². The standard InChI is InChI=1S/C58H39B2N3O3/c1-58(2,3)34-28-46-54-52(29-34)65-50-26-14-24-48-56(50)59(54)40-32-41-45(33-44(40)61(46)35-16-6-4-7-17-35)62(36-18-8-5-9-19-36)47-30-37(63-42-22-12-10-20-38(42)39-21-11-13-23-43(39)63)31-53-55(47)60(41)57-49(64-48)25-15-27-51(57)66-53/h4-33H,1-3H3. The number of benzene rings is 9. The minimum Gasteiger partial charge on any atom is -0.458 e. The SMILES string of the molecule is CC(C)(C)c1cc2c3c(c1)N(c1ccccc1)c1cc4c5cc1B3c1c(cccc1O2)Oc1cccc2c1B5c1c(cc(-n3c5ccccc5c5ccccc53)cc1N4c1ccccc1)O2. The van der Waals surface area contributed by atoms with Crippen LogP contribution in [0, 0.1) is 0 Å². The molecule has 0 saturated carbocycles. The summed E-state index contributed by atoms with van der Waals surface area (Å²) in [6.45, 7) is 6.47. The molecule has 0 saturated heterocycles. The fraction of sp³-hybridized carbons (Fsp3) is 0.0690. The monoisotopic (exact) mass is 847 g/mol. The highest BCUT2D eigenvalue weighted by Crippen LogP contribution is 2.49. The van der Waals surface area contributed by atoms with Gasteiger partial charge in [-0.05, 0) is 118 Å². The number of ether oxygens (including phenoxy) is 3. The van der Waals surface area contributed by atoms with Gasteiger partial charge in [-0.1, -0.05) is 112 Å². The Labute approximate surface area is 383 Å². The Hall–Kier alpha value is -8.09. The lowest BCUT2D eigenvalue weighted by Gasteiger charge is -2.45. The molecule has 0 fully saturated rings. The van der Waals surface area contributed by atoms with Crippen molar-refractivity contribution in [2.45, 2.75) is 26.2 Å². The maximum atomic E-state index is 7.34. The summed E-state index contributed by atoms with van der Waals surface area (Å²) in [4.78, 5) is 4.96. The highest BCUT2D eigenvalue weighted by molar-refractivity contribution is 7.02. The van der Waals surface area contributed by atoms with E-state index in [9.17, 15) is 0 Å². The normalized spacial score (nSPS) is 14.2. The summed E-state index contributed by atoms with van der Waals surface area (Å²) in [5, 5.41) is 2.43. The van der Waals surface area contributed by atoms with E-state index in [1.54, 1.807) is 0 Å². The molecule has 66 heavy (non-hydrogen) atoms. The van der Waals surface area contributed by atoms with Crippen molar-refractivity contribution in [3.05, 3.63) is 188 Å². The molecule has 0 radical (unpaired) electrons. The second-order valence-electron chi connectivity index (χ2n) is 19.2. The first-order valence-corrected chi connectivity index (χ1v) is 22.9. The van der Waals surface area contributed by atoms with Gasteiger partial charge in [-0.15, -0.1) is 0 Å². The lowest BCUT2D eigenvalue weighted by molar-refractivity contribution is 0.459. The van der Waals surface area contributed by atoms with E-state index in [2.05, 4.69) is 217 Å². The molecule has 1 aromatic heterocycles. The number of anilines is 6. The van der Waals surface area contributed by atoms with E-state index in [0.717, 1.165) is 107 Å². The van der Waals surface area contributed by atoms with Crippen LogP contribution in [-0.4, -0.2) is 18.0 Å². The zero-order valence-electron chi connectivity index (χ0n) is 36.5. The molecule has 5 aliphatic heterocycles. The second-order valence-corrected chi connectivity index (χ2v) is 19.2. The number of aromatic nitrogens is 1. The van der Waals surface area contributed by atoms with Crippen LogP contribution in [0.1, 0.15) is 26.3 Å². The van der Waals surface area contributed by atoms with Gasteiger partial charge in [0, 0.05) is 61.9 Å². The molecule has 8 heteroatoms. The first kappa shape index (κ1) is 36.3. The molecule has 9 aromatic carbocycles. The molecular formula is C58H39B2N3O3. The van der Waals surface area contributed by atoms with Gasteiger partial charge in [0.2, 0.25) is 0 Å². The first-order chi connectivity index (χ1) is 32.4. The highest BCUT2D eigenvalue weighted by atomic mass is 16.5. The van der Waals surface area contributed by atoms with Crippen molar-refractivity contribution in [2.24, 2.45) is 0 Å². The van der Waals surface area contributed by atoms with Gasteiger partial charge in [-0.25, -0.2) is 0 Å². The fourth-order valence-corrected chi connectivity index (χ4v) is 11.8. The van der Waals surface area contributed by atoms with Gasteiger partial charge in [0.1, 0.15) is 34.5 Å². The van der Waals surface area contributed by atoms with Crippen LogP contribution in [0.4, 0.5) is 34.1 Å².